The van der Waals surface area contributed by atoms with E-state index >= 15 is 0 Å². The molecule has 128 valence electrons. The van der Waals surface area contributed by atoms with Crippen molar-refractivity contribution >= 4 is 22.8 Å². The maximum Gasteiger partial charge on any atom is 0.251 e. The molecule has 0 aromatic heterocycles. The van der Waals surface area contributed by atoms with Crippen LogP contribution in [0.4, 0.5) is 0 Å². The number of carbonyl (C=O) groups excluding carboxylic acids is 1. The van der Waals surface area contributed by atoms with Gasteiger partial charge in [-0.2, -0.15) is 0 Å². The summed E-state index contributed by atoms with van der Waals surface area (Å²) in [4.78, 5) is 19.0. The van der Waals surface area contributed by atoms with Crippen LogP contribution in [0.1, 0.15) is 36.2 Å². The van der Waals surface area contributed by atoms with Crippen LogP contribution >= 0.6 is 11.8 Å². The standard InChI is InChI=1S/C18H23N3O2S/c1-18(2,23)7-6-13-4-3-5-14(10-13)16(22)20-11-15-12-24-17-19-8-9-21(15)17/h3-5,10,12,23H,6-9,11H2,1-2H3,(H,20,22). The van der Waals surface area contributed by atoms with Gasteiger partial charge in [0, 0.05) is 23.2 Å². The van der Waals surface area contributed by atoms with Crippen LogP contribution in [0, 0.1) is 0 Å². The van der Waals surface area contributed by atoms with Crippen molar-refractivity contribution in [1.29, 1.82) is 0 Å². The maximum atomic E-state index is 12.4. The van der Waals surface area contributed by atoms with Gasteiger partial charge in [0.25, 0.3) is 5.91 Å². The SMILES string of the molecule is CC(C)(O)CCc1cccc(C(=O)NCC2=CSC3=NCCN23)c1. The van der Waals surface area contributed by atoms with E-state index in [0.717, 1.165) is 35.9 Å². The van der Waals surface area contributed by atoms with Crippen molar-refractivity contribution in [3.8, 4) is 0 Å². The van der Waals surface area contributed by atoms with Gasteiger partial charge < -0.3 is 15.3 Å². The highest BCUT2D eigenvalue weighted by Gasteiger charge is 2.26. The van der Waals surface area contributed by atoms with Crippen molar-refractivity contribution in [2.24, 2.45) is 4.99 Å². The van der Waals surface area contributed by atoms with Crippen molar-refractivity contribution < 1.29 is 9.90 Å². The number of nitrogens with zero attached hydrogens (tertiary/aromatic N) is 2. The minimum absolute atomic E-state index is 0.0735. The Morgan fingerprint density at radius 1 is 1.46 bits per heavy atom. The highest BCUT2D eigenvalue weighted by atomic mass is 32.2. The molecule has 5 nitrogen and oxygen atoms in total. The molecule has 0 atom stereocenters. The minimum atomic E-state index is -0.695. The molecule has 0 fully saturated rings. The Morgan fingerprint density at radius 2 is 2.29 bits per heavy atom. The first-order chi connectivity index (χ1) is 11.4. The molecule has 0 aliphatic carbocycles. The number of thioether (sulfide) groups is 1. The fourth-order valence-corrected chi connectivity index (χ4v) is 3.66. The van der Waals surface area contributed by atoms with Gasteiger partial charge in [0.15, 0.2) is 5.17 Å². The van der Waals surface area contributed by atoms with Crippen LogP contribution in [0.15, 0.2) is 40.4 Å². The Labute approximate surface area is 146 Å². The zero-order valence-electron chi connectivity index (χ0n) is 14.1. The van der Waals surface area contributed by atoms with Crippen molar-refractivity contribution in [2.75, 3.05) is 19.6 Å². The summed E-state index contributed by atoms with van der Waals surface area (Å²) in [6.45, 7) is 5.84. The van der Waals surface area contributed by atoms with Crippen LogP contribution < -0.4 is 5.32 Å². The Kier molecular flexibility index (Phi) is 4.96. The lowest BCUT2D eigenvalue weighted by molar-refractivity contribution is 0.0714. The Hall–Kier alpha value is -1.79. The molecule has 0 unspecified atom stereocenters. The molecule has 0 radical (unpaired) electrons. The number of hydrogen-bond donors (Lipinski definition) is 2. The van der Waals surface area contributed by atoms with E-state index < -0.39 is 5.60 Å². The van der Waals surface area contributed by atoms with E-state index in [1.165, 1.54) is 0 Å². The van der Waals surface area contributed by atoms with Crippen molar-refractivity contribution in [2.45, 2.75) is 32.3 Å². The summed E-state index contributed by atoms with van der Waals surface area (Å²) in [6, 6.07) is 7.61. The number of amidine groups is 1. The van der Waals surface area contributed by atoms with E-state index in [9.17, 15) is 9.90 Å². The van der Waals surface area contributed by atoms with E-state index in [0.29, 0.717) is 18.5 Å². The Morgan fingerprint density at radius 3 is 3.08 bits per heavy atom. The normalized spacial score (nSPS) is 16.7. The first-order valence-corrected chi connectivity index (χ1v) is 9.07. The van der Waals surface area contributed by atoms with Gasteiger partial charge in [0.1, 0.15) is 0 Å². The highest BCUT2D eigenvalue weighted by Crippen LogP contribution is 2.28. The number of aryl methyl sites for hydroxylation is 1. The number of nitrogens with one attached hydrogen (secondary N) is 1. The molecular formula is C18H23N3O2S. The monoisotopic (exact) mass is 345 g/mol. The van der Waals surface area contributed by atoms with Gasteiger partial charge >= 0.3 is 0 Å². The number of benzene rings is 1. The van der Waals surface area contributed by atoms with E-state index in [1.807, 2.05) is 24.3 Å². The smallest absolute Gasteiger partial charge is 0.251 e. The van der Waals surface area contributed by atoms with Gasteiger partial charge in [0.05, 0.1) is 18.7 Å². The number of aliphatic hydroxyl groups is 1. The van der Waals surface area contributed by atoms with Crippen LogP contribution in [0.25, 0.3) is 0 Å². The summed E-state index contributed by atoms with van der Waals surface area (Å²) in [6.07, 6.45) is 1.42. The van der Waals surface area contributed by atoms with Gasteiger partial charge in [-0.05, 0) is 44.4 Å². The van der Waals surface area contributed by atoms with Crippen LogP contribution in [-0.2, 0) is 6.42 Å². The van der Waals surface area contributed by atoms with Crippen molar-refractivity contribution in [3.05, 3.63) is 46.5 Å². The molecule has 2 heterocycles. The molecule has 0 spiro atoms. The number of hydrogen-bond acceptors (Lipinski definition) is 5. The molecule has 1 amide bonds. The first kappa shape index (κ1) is 17.0. The molecule has 1 aromatic carbocycles. The molecule has 2 N–H and O–H groups in total. The molecule has 24 heavy (non-hydrogen) atoms. The zero-order chi connectivity index (χ0) is 17.2. The second-order valence-electron chi connectivity index (χ2n) is 6.74. The number of carbonyl (C=O) groups is 1. The summed E-state index contributed by atoms with van der Waals surface area (Å²) in [5.41, 5.74) is 2.13. The van der Waals surface area contributed by atoms with Crippen LogP contribution in [0.3, 0.4) is 0 Å². The molecule has 1 aromatic rings. The third kappa shape index (κ3) is 4.19. The van der Waals surface area contributed by atoms with Gasteiger partial charge in [0.2, 0.25) is 0 Å². The fourth-order valence-electron chi connectivity index (χ4n) is 2.71. The summed E-state index contributed by atoms with van der Waals surface area (Å²) in [5, 5.41) is 15.9. The van der Waals surface area contributed by atoms with Gasteiger partial charge in [-0.25, -0.2) is 0 Å². The predicted octanol–water partition coefficient (Wildman–Crippen LogP) is 2.38. The van der Waals surface area contributed by atoms with Crippen LogP contribution in [0.5, 0.6) is 0 Å². The molecule has 0 saturated heterocycles. The van der Waals surface area contributed by atoms with E-state index in [2.05, 4.69) is 20.6 Å². The predicted molar refractivity (Wildman–Crippen MR) is 98.1 cm³/mol. The number of rotatable bonds is 6. The van der Waals surface area contributed by atoms with Crippen LogP contribution in [0.2, 0.25) is 0 Å². The zero-order valence-corrected chi connectivity index (χ0v) is 14.9. The average Bonchev–Trinajstić information content (AvgIpc) is 3.14. The van der Waals surface area contributed by atoms with Crippen LogP contribution in [-0.4, -0.2) is 46.3 Å². The Balaban J connectivity index is 1.56. The second kappa shape index (κ2) is 6.99. The van der Waals surface area contributed by atoms with E-state index in [-0.39, 0.29) is 5.91 Å². The third-order valence-electron chi connectivity index (χ3n) is 4.09. The lowest BCUT2D eigenvalue weighted by atomic mass is 9.98. The largest absolute Gasteiger partial charge is 0.390 e. The maximum absolute atomic E-state index is 12.4. The topological polar surface area (TPSA) is 64.9 Å². The van der Waals surface area contributed by atoms with Gasteiger partial charge in [-0.1, -0.05) is 23.9 Å². The van der Waals surface area contributed by atoms with Gasteiger partial charge in [-0.3, -0.25) is 9.79 Å². The van der Waals surface area contributed by atoms with E-state index in [1.54, 1.807) is 25.6 Å². The summed E-state index contributed by atoms with van der Waals surface area (Å²) < 4.78 is 0. The minimum Gasteiger partial charge on any atom is -0.390 e. The lowest BCUT2D eigenvalue weighted by Crippen LogP contribution is -2.32. The number of amides is 1. The number of fused-ring (bicyclic) bond motifs is 1. The Bertz CT molecular complexity index is 692. The molecule has 2 aliphatic heterocycles. The summed E-state index contributed by atoms with van der Waals surface area (Å²) >= 11 is 1.62. The molecule has 0 bridgehead atoms. The molecule has 2 aliphatic rings. The molecule has 0 saturated carbocycles. The molecule has 3 rings (SSSR count). The van der Waals surface area contributed by atoms with Gasteiger partial charge in [-0.15, -0.1) is 0 Å². The molecule has 6 heteroatoms. The third-order valence-corrected chi connectivity index (χ3v) is 5.04. The second-order valence-corrected chi connectivity index (χ2v) is 7.58. The highest BCUT2D eigenvalue weighted by molar-refractivity contribution is 8.16. The summed E-state index contributed by atoms with van der Waals surface area (Å²) in [7, 11) is 0. The quantitative estimate of drug-likeness (QED) is 0.831. The summed E-state index contributed by atoms with van der Waals surface area (Å²) in [5.74, 6) is -0.0735. The number of aliphatic imine (C=N–C) groups is 1. The van der Waals surface area contributed by atoms with Crippen molar-refractivity contribution in [1.82, 2.24) is 10.2 Å². The first-order valence-electron chi connectivity index (χ1n) is 8.20. The fraction of sp³-hybridized carbons (Fsp3) is 0.444. The average molecular weight is 345 g/mol. The molecular weight excluding hydrogens is 322 g/mol. The van der Waals surface area contributed by atoms with E-state index in [4.69, 9.17) is 0 Å². The van der Waals surface area contributed by atoms with Crippen molar-refractivity contribution in [3.63, 3.8) is 0 Å². The lowest BCUT2D eigenvalue weighted by Gasteiger charge is -2.17.